The van der Waals surface area contributed by atoms with Crippen molar-refractivity contribution in [2.24, 2.45) is 17.3 Å². The highest BCUT2D eigenvalue weighted by molar-refractivity contribution is 5.92. The second kappa shape index (κ2) is 4.29. The molecule has 1 rings (SSSR count). The zero-order valence-corrected chi connectivity index (χ0v) is 9.84. The normalized spacial score (nSPS) is 32.0. The quantitative estimate of drug-likeness (QED) is 0.614. The van der Waals surface area contributed by atoms with Gasteiger partial charge in [-0.25, -0.2) is 0 Å². The summed E-state index contributed by atoms with van der Waals surface area (Å²) in [5.41, 5.74) is 0.189. The van der Waals surface area contributed by atoms with Gasteiger partial charge in [0.1, 0.15) is 0 Å². The predicted octanol–water partition coefficient (Wildman–Crippen LogP) is 3.59. The average molecular weight is 194 g/mol. The van der Waals surface area contributed by atoms with Gasteiger partial charge in [0.15, 0.2) is 5.78 Å². The SMILES string of the molecule is CC=CC(=O)C1[C@@H](C)CCCC1(C)C. The lowest BCUT2D eigenvalue weighted by Gasteiger charge is -2.41. The van der Waals surface area contributed by atoms with Crippen LogP contribution in [0.2, 0.25) is 0 Å². The highest BCUT2D eigenvalue weighted by atomic mass is 16.1. The number of hydrogen-bond acceptors (Lipinski definition) is 1. The van der Waals surface area contributed by atoms with Gasteiger partial charge in [0, 0.05) is 5.92 Å². The lowest BCUT2D eigenvalue weighted by atomic mass is 9.62. The highest BCUT2D eigenvalue weighted by Gasteiger charge is 2.40. The molecule has 0 heterocycles. The summed E-state index contributed by atoms with van der Waals surface area (Å²) in [5.74, 6) is 1.10. The zero-order valence-electron chi connectivity index (χ0n) is 9.84. The standard InChI is InChI=1S/C13H22O/c1-5-7-11(14)12-10(2)8-6-9-13(12,3)4/h5,7,10,12H,6,8-9H2,1-4H3/t10-,12?/m0/s1. The lowest BCUT2D eigenvalue weighted by molar-refractivity contribution is -0.125. The molecule has 0 saturated heterocycles. The van der Waals surface area contributed by atoms with E-state index in [1.165, 1.54) is 19.3 Å². The van der Waals surface area contributed by atoms with Gasteiger partial charge in [-0.2, -0.15) is 0 Å². The second-order valence-corrected chi connectivity index (χ2v) is 5.24. The Kier molecular flexibility index (Phi) is 3.52. The summed E-state index contributed by atoms with van der Waals surface area (Å²) in [5, 5.41) is 0. The van der Waals surface area contributed by atoms with E-state index in [0.717, 1.165) is 0 Å². The summed E-state index contributed by atoms with van der Waals surface area (Å²) in [4.78, 5) is 11.9. The Balaban J connectivity index is 2.85. The van der Waals surface area contributed by atoms with Crippen molar-refractivity contribution in [2.75, 3.05) is 0 Å². The number of hydrogen-bond donors (Lipinski definition) is 0. The monoisotopic (exact) mass is 194 g/mol. The Morgan fingerprint density at radius 3 is 2.57 bits per heavy atom. The molecule has 80 valence electrons. The summed E-state index contributed by atoms with van der Waals surface area (Å²) >= 11 is 0. The van der Waals surface area contributed by atoms with Crippen LogP contribution in [0.5, 0.6) is 0 Å². The minimum absolute atomic E-state index is 0.189. The van der Waals surface area contributed by atoms with Crippen LogP contribution in [-0.4, -0.2) is 5.78 Å². The molecular weight excluding hydrogens is 172 g/mol. The zero-order chi connectivity index (χ0) is 10.8. The van der Waals surface area contributed by atoms with Crippen molar-refractivity contribution in [2.45, 2.75) is 47.0 Å². The fraction of sp³-hybridized carbons (Fsp3) is 0.769. The van der Waals surface area contributed by atoms with Crippen molar-refractivity contribution >= 4 is 5.78 Å². The molecule has 0 bridgehead atoms. The van der Waals surface area contributed by atoms with Gasteiger partial charge in [-0.1, -0.05) is 33.3 Å². The molecular formula is C13H22O. The molecule has 0 N–H and O–H groups in total. The van der Waals surface area contributed by atoms with E-state index in [4.69, 9.17) is 0 Å². The van der Waals surface area contributed by atoms with Gasteiger partial charge in [0.05, 0.1) is 0 Å². The number of rotatable bonds is 2. The Bertz CT molecular complexity index is 238. The molecule has 0 amide bonds. The number of carbonyl (C=O) groups is 1. The third-order valence-electron chi connectivity index (χ3n) is 3.53. The molecule has 0 aromatic heterocycles. The summed E-state index contributed by atoms with van der Waals surface area (Å²) < 4.78 is 0. The van der Waals surface area contributed by atoms with Crippen LogP contribution in [-0.2, 0) is 4.79 Å². The van der Waals surface area contributed by atoms with Crippen molar-refractivity contribution < 1.29 is 4.79 Å². The van der Waals surface area contributed by atoms with Crippen molar-refractivity contribution in [3.63, 3.8) is 0 Å². The lowest BCUT2D eigenvalue weighted by Crippen LogP contribution is -2.38. The molecule has 1 saturated carbocycles. The van der Waals surface area contributed by atoms with Crippen molar-refractivity contribution in [3.8, 4) is 0 Å². The van der Waals surface area contributed by atoms with E-state index in [1.54, 1.807) is 6.08 Å². The first-order valence-electron chi connectivity index (χ1n) is 5.65. The molecule has 14 heavy (non-hydrogen) atoms. The Hall–Kier alpha value is -0.590. The van der Waals surface area contributed by atoms with Crippen LogP contribution in [0.3, 0.4) is 0 Å². The summed E-state index contributed by atoms with van der Waals surface area (Å²) in [6, 6.07) is 0. The van der Waals surface area contributed by atoms with Gasteiger partial charge in [-0.15, -0.1) is 0 Å². The highest BCUT2D eigenvalue weighted by Crippen LogP contribution is 2.44. The number of ketones is 1. The van der Waals surface area contributed by atoms with Crippen LogP contribution < -0.4 is 0 Å². The Morgan fingerprint density at radius 1 is 1.43 bits per heavy atom. The second-order valence-electron chi connectivity index (χ2n) is 5.24. The van der Waals surface area contributed by atoms with E-state index in [0.29, 0.717) is 11.7 Å². The third kappa shape index (κ3) is 2.26. The first kappa shape index (κ1) is 11.5. The summed E-state index contributed by atoms with van der Waals surface area (Å²) in [7, 11) is 0. The largest absolute Gasteiger partial charge is 0.295 e. The molecule has 1 heteroatoms. The van der Waals surface area contributed by atoms with E-state index in [-0.39, 0.29) is 11.3 Å². The van der Waals surface area contributed by atoms with Gasteiger partial charge in [-0.05, 0) is 37.2 Å². The first-order valence-corrected chi connectivity index (χ1v) is 5.65. The summed E-state index contributed by atoms with van der Waals surface area (Å²) in [6.07, 6.45) is 7.27. The number of allylic oxidation sites excluding steroid dienone is 2. The average Bonchev–Trinajstić information content (AvgIpc) is 2.02. The minimum atomic E-state index is 0.189. The third-order valence-corrected chi connectivity index (χ3v) is 3.53. The molecule has 1 unspecified atom stereocenters. The fourth-order valence-corrected chi connectivity index (χ4v) is 2.91. The topological polar surface area (TPSA) is 17.1 Å². The molecule has 0 aromatic rings. The minimum Gasteiger partial charge on any atom is -0.295 e. The van der Waals surface area contributed by atoms with Crippen LogP contribution in [0.1, 0.15) is 47.0 Å². The van der Waals surface area contributed by atoms with Gasteiger partial charge < -0.3 is 0 Å². The van der Waals surface area contributed by atoms with Crippen LogP contribution in [0.25, 0.3) is 0 Å². The van der Waals surface area contributed by atoms with Gasteiger partial charge in [-0.3, -0.25) is 4.79 Å². The van der Waals surface area contributed by atoms with Crippen LogP contribution in [0.15, 0.2) is 12.2 Å². The van der Waals surface area contributed by atoms with E-state index in [1.807, 2.05) is 13.0 Å². The molecule has 0 aromatic carbocycles. The molecule has 1 fully saturated rings. The molecule has 1 aliphatic carbocycles. The maximum Gasteiger partial charge on any atom is 0.159 e. The molecule has 0 radical (unpaired) electrons. The molecule has 1 aliphatic rings. The van der Waals surface area contributed by atoms with Crippen LogP contribution in [0.4, 0.5) is 0 Å². The molecule has 1 nitrogen and oxygen atoms in total. The van der Waals surface area contributed by atoms with Crippen molar-refractivity contribution in [1.29, 1.82) is 0 Å². The Morgan fingerprint density at radius 2 is 2.07 bits per heavy atom. The fourth-order valence-electron chi connectivity index (χ4n) is 2.91. The van der Waals surface area contributed by atoms with Gasteiger partial charge >= 0.3 is 0 Å². The molecule has 0 spiro atoms. The Labute approximate surface area is 87.6 Å². The van der Waals surface area contributed by atoms with E-state index in [9.17, 15) is 4.79 Å². The molecule has 2 atom stereocenters. The van der Waals surface area contributed by atoms with Gasteiger partial charge in [0.2, 0.25) is 0 Å². The van der Waals surface area contributed by atoms with Crippen molar-refractivity contribution in [3.05, 3.63) is 12.2 Å². The van der Waals surface area contributed by atoms with Crippen LogP contribution >= 0.6 is 0 Å². The van der Waals surface area contributed by atoms with Gasteiger partial charge in [0.25, 0.3) is 0 Å². The van der Waals surface area contributed by atoms with Crippen molar-refractivity contribution in [1.82, 2.24) is 0 Å². The smallest absolute Gasteiger partial charge is 0.159 e. The van der Waals surface area contributed by atoms with Crippen LogP contribution in [0, 0.1) is 17.3 Å². The van der Waals surface area contributed by atoms with E-state index < -0.39 is 0 Å². The van der Waals surface area contributed by atoms with E-state index >= 15 is 0 Å². The maximum atomic E-state index is 11.9. The van der Waals surface area contributed by atoms with E-state index in [2.05, 4.69) is 20.8 Å². The molecule has 0 aliphatic heterocycles. The summed E-state index contributed by atoms with van der Waals surface area (Å²) in [6.45, 7) is 8.59. The maximum absolute atomic E-state index is 11.9. The predicted molar refractivity (Wildman–Crippen MR) is 60.1 cm³/mol. The number of carbonyl (C=O) groups excluding carboxylic acids is 1. The first-order chi connectivity index (χ1) is 6.49.